The molecule has 24 heavy (non-hydrogen) atoms. The first-order chi connectivity index (χ1) is 11.6. The fraction of sp³-hybridized carbons (Fsp3) is 1.00. The zero-order valence-corrected chi connectivity index (χ0v) is 17.7. The van der Waals surface area contributed by atoms with E-state index in [2.05, 4.69) is 4.31 Å². The number of hydrogen-bond acceptors (Lipinski definition) is 6. The molecule has 0 unspecified atom stereocenters. The molecule has 1 saturated heterocycles. The Morgan fingerprint density at radius 3 is 1.83 bits per heavy atom. The predicted molar refractivity (Wildman–Crippen MR) is 104 cm³/mol. The Labute approximate surface area is 152 Å². The lowest BCUT2D eigenvalue weighted by Gasteiger charge is -2.46. The van der Waals surface area contributed by atoms with Crippen molar-refractivity contribution in [3.8, 4) is 0 Å². The van der Waals surface area contributed by atoms with Crippen molar-refractivity contribution < 1.29 is 20.9 Å². The molecule has 0 atom stereocenters. The third kappa shape index (κ3) is 6.32. The van der Waals surface area contributed by atoms with Crippen LogP contribution < -0.4 is 0 Å². The van der Waals surface area contributed by atoms with Crippen molar-refractivity contribution in [2.45, 2.75) is 47.5 Å². The summed E-state index contributed by atoms with van der Waals surface area (Å²) in [6, 6.07) is 0. The molecule has 0 spiro atoms. The second-order valence-electron chi connectivity index (χ2n) is 5.22. The molecule has 1 aliphatic heterocycles. The van der Waals surface area contributed by atoms with Gasteiger partial charge in [-0.1, -0.05) is 0 Å². The highest BCUT2D eigenvalue weighted by atomic mass is 32.3. The van der Waals surface area contributed by atoms with Gasteiger partial charge in [0.05, 0.1) is 49.7 Å². The first-order valence-corrected chi connectivity index (χ1v) is 12.4. The summed E-state index contributed by atoms with van der Waals surface area (Å²) in [5.74, 6) is 1.79. The van der Waals surface area contributed by atoms with Crippen molar-refractivity contribution in [2.75, 3.05) is 57.6 Å². The number of hydrogen-bond donors (Lipinski definition) is 0. The van der Waals surface area contributed by atoms with E-state index in [1.54, 1.807) is 0 Å². The topological polar surface area (TPSA) is 49.4 Å². The lowest BCUT2D eigenvalue weighted by Crippen LogP contribution is -2.29. The van der Waals surface area contributed by atoms with E-state index in [-0.39, 0.29) is 0 Å². The van der Waals surface area contributed by atoms with Gasteiger partial charge in [-0.15, -0.1) is 10.8 Å². The Bertz CT molecular complexity index is 313. The van der Waals surface area contributed by atoms with Gasteiger partial charge in [-0.3, -0.25) is 20.9 Å². The first-order valence-electron chi connectivity index (χ1n) is 9.20. The zero-order chi connectivity index (χ0) is 17.9. The first kappa shape index (κ1) is 22.5. The van der Waals surface area contributed by atoms with Crippen LogP contribution in [-0.2, 0) is 20.9 Å². The fourth-order valence-electron chi connectivity index (χ4n) is 2.85. The smallest absolute Gasteiger partial charge is 0.0887 e. The monoisotopic (exact) mass is 387 g/mol. The van der Waals surface area contributed by atoms with E-state index in [1.165, 1.54) is 0 Å². The molecule has 1 fully saturated rings. The third-order valence-corrected chi connectivity index (χ3v) is 9.24. The average Bonchev–Trinajstić information content (AvgIpc) is 2.91. The number of rotatable bonds is 14. The van der Waals surface area contributed by atoms with Gasteiger partial charge in [-0.2, -0.15) is 0 Å². The highest BCUT2D eigenvalue weighted by Gasteiger charge is 2.35. The molecule has 0 amide bonds. The molecule has 0 aromatic carbocycles. The Morgan fingerprint density at radius 1 is 0.833 bits per heavy atom. The van der Waals surface area contributed by atoms with Crippen LogP contribution in [0.15, 0.2) is 0 Å². The van der Waals surface area contributed by atoms with E-state index in [9.17, 15) is 0 Å². The van der Waals surface area contributed by atoms with Crippen LogP contribution >= 0.6 is 21.6 Å². The quantitative estimate of drug-likeness (QED) is 0.441. The van der Waals surface area contributed by atoms with Crippen molar-refractivity contribution in [1.29, 1.82) is 0 Å². The molecule has 0 radical (unpaired) electrons. The van der Waals surface area contributed by atoms with Gasteiger partial charge in [0.15, 0.2) is 0 Å². The maximum Gasteiger partial charge on any atom is 0.0887 e. The van der Waals surface area contributed by atoms with E-state index in [0.29, 0.717) is 33.0 Å². The Morgan fingerprint density at radius 2 is 1.38 bits per heavy atom. The second-order valence-corrected chi connectivity index (χ2v) is 10.0. The van der Waals surface area contributed by atoms with Crippen molar-refractivity contribution >= 4 is 21.6 Å². The zero-order valence-electron chi connectivity index (χ0n) is 16.1. The van der Waals surface area contributed by atoms with Crippen LogP contribution in [0.5, 0.6) is 0 Å². The molecular formula is C16H37NO5S2. The van der Waals surface area contributed by atoms with Crippen molar-refractivity contribution in [1.82, 2.24) is 4.31 Å². The molecule has 0 bridgehead atoms. The van der Waals surface area contributed by atoms with E-state index < -0.39 is 21.6 Å². The highest BCUT2D eigenvalue weighted by molar-refractivity contribution is 8.24. The summed E-state index contributed by atoms with van der Waals surface area (Å²) in [4.78, 5) is 0. The van der Waals surface area contributed by atoms with Crippen LogP contribution in [-0.4, -0.2) is 61.9 Å². The van der Waals surface area contributed by atoms with E-state index in [0.717, 1.165) is 37.4 Å². The maximum absolute atomic E-state index is 6.07. The molecular weight excluding hydrogens is 350 g/mol. The van der Waals surface area contributed by atoms with E-state index in [4.69, 9.17) is 20.9 Å². The largest absolute Gasteiger partial charge is 0.293 e. The molecule has 8 heteroatoms. The van der Waals surface area contributed by atoms with Crippen LogP contribution in [0.1, 0.15) is 47.5 Å². The molecule has 1 rings (SSSR count). The van der Waals surface area contributed by atoms with Crippen LogP contribution in [0.25, 0.3) is 0 Å². The number of nitrogens with zero attached hydrogens (tertiary/aromatic N) is 1. The predicted octanol–water partition coefficient (Wildman–Crippen LogP) is 4.36. The lowest BCUT2D eigenvalue weighted by molar-refractivity contribution is 0.184. The van der Waals surface area contributed by atoms with E-state index >= 15 is 0 Å². The second kappa shape index (κ2) is 12.0. The SMILES string of the molecule is CCOS(CCCN1CCCS1(OCC)OCC)(OCC)OCC. The molecule has 0 aromatic rings. The van der Waals surface area contributed by atoms with Crippen molar-refractivity contribution in [3.63, 3.8) is 0 Å². The Balaban J connectivity index is 2.64. The minimum Gasteiger partial charge on any atom is -0.293 e. The summed E-state index contributed by atoms with van der Waals surface area (Å²) in [5.41, 5.74) is 0. The summed E-state index contributed by atoms with van der Waals surface area (Å²) in [6.45, 7) is 15.2. The Kier molecular flexibility index (Phi) is 11.2. The van der Waals surface area contributed by atoms with Crippen LogP contribution in [0.4, 0.5) is 0 Å². The molecule has 0 aromatic heterocycles. The Hall–Kier alpha value is 0.460. The standard InChI is InChI=1S/C16H37NO5S2/c1-6-18-23(19-7-2)15-11-13-17(23)14-12-16-24(20-8-3,21-9-4)22-10-5/h6-16H2,1-5H3. The summed E-state index contributed by atoms with van der Waals surface area (Å²) in [5, 5.41) is 0. The fourth-order valence-corrected chi connectivity index (χ4v) is 7.87. The summed E-state index contributed by atoms with van der Waals surface area (Å²) in [6.07, 6.45) is 2.08. The normalized spacial score (nSPS) is 20.4. The molecule has 0 saturated carbocycles. The van der Waals surface area contributed by atoms with Gasteiger partial charge in [0.2, 0.25) is 0 Å². The molecule has 1 heterocycles. The summed E-state index contributed by atoms with van der Waals surface area (Å²) < 4.78 is 32.2. The highest BCUT2D eigenvalue weighted by Crippen LogP contribution is 2.58. The van der Waals surface area contributed by atoms with Crippen LogP contribution in [0.3, 0.4) is 0 Å². The van der Waals surface area contributed by atoms with Gasteiger partial charge in [0.25, 0.3) is 0 Å². The molecule has 1 aliphatic rings. The molecule has 0 aliphatic carbocycles. The van der Waals surface area contributed by atoms with Crippen molar-refractivity contribution in [2.24, 2.45) is 0 Å². The van der Waals surface area contributed by atoms with Gasteiger partial charge in [-0.05, 0) is 47.5 Å². The van der Waals surface area contributed by atoms with Crippen molar-refractivity contribution in [3.05, 3.63) is 0 Å². The lowest BCUT2D eigenvalue weighted by atomic mass is 10.4. The maximum atomic E-state index is 6.07. The minimum absolute atomic E-state index is 0.603. The van der Waals surface area contributed by atoms with Gasteiger partial charge >= 0.3 is 0 Å². The van der Waals surface area contributed by atoms with Gasteiger partial charge in [-0.25, -0.2) is 4.31 Å². The van der Waals surface area contributed by atoms with E-state index in [1.807, 2.05) is 34.6 Å². The summed E-state index contributed by atoms with van der Waals surface area (Å²) >= 11 is 0. The van der Waals surface area contributed by atoms with Gasteiger partial charge in [0, 0.05) is 18.8 Å². The van der Waals surface area contributed by atoms with Gasteiger partial charge < -0.3 is 0 Å². The van der Waals surface area contributed by atoms with Gasteiger partial charge in [0.1, 0.15) is 0 Å². The average molecular weight is 388 g/mol. The third-order valence-electron chi connectivity index (χ3n) is 3.50. The molecule has 148 valence electrons. The summed E-state index contributed by atoms with van der Waals surface area (Å²) in [7, 11) is -3.44. The van der Waals surface area contributed by atoms with Crippen LogP contribution in [0, 0.1) is 0 Å². The van der Waals surface area contributed by atoms with Crippen LogP contribution in [0.2, 0.25) is 0 Å². The molecule has 6 nitrogen and oxygen atoms in total. The molecule has 0 N–H and O–H groups in total. The minimum atomic E-state index is -1.90.